The normalized spacial score (nSPS) is 10.6. The number of hydrogen-bond donors (Lipinski definition) is 1. The second-order valence-electron chi connectivity index (χ2n) is 4.64. The van der Waals surface area contributed by atoms with E-state index in [1.165, 1.54) is 0 Å². The van der Waals surface area contributed by atoms with E-state index in [9.17, 15) is 4.79 Å². The number of aromatic nitrogens is 2. The number of nitrogens with one attached hydrogen (secondary N) is 1. The van der Waals surface area contributed by atoms with Crippen LogP contribution in [0.15, 0.2) is 60.9 Å². The van der Waals surface area contributed by atoms with Crippen molar-refractivity contribution in [3.63, 3.8) is 0 Å². The highest BCUT2D eigenvalue weighted by atomic mass is 16.1. The van der Waals surface area contributed by atoms with Gasteiger partial charge >= 0.3 is 0 Å². The summed E-state index contributed by atoms with van der Waals surface area (Å²) in [6.45, 7) is 0.499. The van der Waals surface area contributed by atoms with Crippen molar-refractivity contribution in [3.05, 3.63) is 72.1 Å². The maximum atomic E-state index is 11.9. The van der Waals surface area contributed by atoms with Crippen LogP contribution in [0.1, 0.15) is 11.1 Å². The van der Waals surface area contributed by atoms with Gasteiger partial charge in [0.25, 0.3) is 0 Å². The second kappa shape index (κ2) is 5.57. The average molecular weight is 265 g/mol. The van der Waals surface area contributed by atoms with Gasteiger partial charge in [-0.3, -0.25) is 4.79 Å². The molecule has 0 aliphatic rings. The van der Waals surface area contributed by atoms with Crippen molar-refractivity contribution in [1.29, 1.82) is 0 Å². The Bertz CT molecular complexity index is 719. The lowest BCUT2D eigenvalue weighted by Gasteiger charge is -2.04. The van der Waals surface area contributed by atoms with Crippen molar-refractivity contribution in [2.45, 2.75) is 13.0 Å². The Kier molecular flexibility index (Phi) is 3.46. The summed E-state index contributed by atoms with van der Waals surface area (Å²) in [4.78, 5) is 11.9. The summed E-state index contributed by atoms with van der Waals surface area (Å²) < 4.78 is 1.80. The van der Waals surface area contributed by atoms with Crippen molar-refractivity contribution in [2.24, 2.45) is 0 Å². The van der Waals surface area contributed by atoms with E-state index in [1.54, 1.807) is 10.7 Å². The molecule has 0 bridgehead atoms. The van der Waals surface area contributed by atoms with Gasteiger partial charge in [0.1, 0.15) is 0 Å². The van der Waals surface area contributed by atoms with Crippen molar-refractivity contribution in [2.75, 3.05) is 0 Å². The summed E-state index contributed by atoms with van der Waals surface area (Å²) >= 11 is 0. The lowest BCUT2D eigenvalue weighted by Crippen LogP contribution is -2.24. The van der Waals surface area contributed by atoms with Crippen LogP contribution in [0.25, 0.3) is 5.52 Å². The largest absolute Gasteiger partial charge is 0.352 e. The number of carbonyl (C=O) groups is 1. The Hall–Kier alpha value is -2.62. The Labute approximate surface area is 117 Å². The number of amides is 1. The van der Waals surface area contributed by atoms with Crippen LogP contribution in [0.2, 0.25) is 0 Å². The van der Waals surface area contributed by atoms with E-state index >= 15 is 0 Å². The van der Waals surface area contributed by atoms with E-state index in [1.807, 2.05) is 54.7 Å². The lowest BCUT2D eigenvalue weighted by molar-refractivity contribution is -0.120. The Balaban J connectivity index is 1.63. The van der Waals surface area contributed by atoms with E-state index < -0.39 is 0 Å². The van der Waals surface area contributed by atoms with Crippen LogP contribution in [-0.4, -0.2) is 15.5 Å². The molecule has 1 amide bonds. The third kappa shape index (κ3) is 2.69. The number of rotatable bonds is 4. The van der Waals surface area contributed by atoms with Gasteiger partial charge in [0.2, 0.25) is 5.91 Å². The standard InChI is InChI=1S/C16H15N3O/c20-16(10-13-6-2-1-3-7-13)17-11-14-12-18-19-9-5-4-8-15(14)19/h1-9,12H,10-11H2,(H,17,20). The number of nitrogens with zero attached hydrogens (tertiary/aromatic N) is 2. The van der Waals surface area contributed by atoms with Crippen molar-refractivity contribution >= 4 is 11.4 Å². The summed E-state index contributed by atoms with van der Waals surface area (Å²) in [5, 5.41) is 7.18. The van der Waals surface area contributed by atoms with Crippen LogP contribution in [0.5, 0.6) is 0 Å². The van der Waals surface area contributed by atoms with E-state index in [0.717, 1.165) is 16.6 Å². The number of hydrogen-bond acceptors (Lipinski definition) is 2. The molecule has 100 valence electrons. The van der Waals surface area contributed by atoms with Gasteiger partial charge in [-0.15, -0.1) is 0 Å². The first kappa shape index (κ1) is 12.4. The SMILES string of the molecule is O=C(Cc1ccccc1)NCc1cnn2ccccc12. The predicted molar refractivity (Wildman–Crippen MR) is 77.2 cm³/mol. The molecule has 0 spiro atoms. The summed E-state index contributed by atoms with van der Waals surface area (Å²) in [6, 6.07) is 15.6. The molecule has 0 fully saturated rings. The van der Waals surface area contributed by atoms with Gasteiger partial charge in [-0.2, -0.15) is 5.10 Å². The molecule has 0 atom stereocenters. The van der Waals surface area contributed by atoms with Crippen LogP contribution in [0, 0.1) is 0 Å². The molecule has 0 saturated carbocycles. The third-order valence-electron chi connectivity index (χ3n) is 3.19. The molecule has 3 rings (SSSR count). The summed E-state index contributed by atoms with van der Waals surface area (Å²) in [7, 11) is 0. The van der Waals surface area contributed by atoms with Crippen molar-refractivity contribution in [1.82, 2.24) is 14.9 Å². The summed E-state index contributed by atoms with van der Waals surface area (Å²) in [5.74, 6) is 0.0199. The maximum absolute atomic E-state index is 11.9. The lowest BCUT2D eigenvalue weighted by atomic mass is 10.1. The van der Waals surface area contributed by atoms with Crippen molar-refractivity contribution in [3.8, 4) is 0 Å². The monoisotopic (exact) mass is 265 g/mol. The smallest absolute Gasteiger partial charge is 0.224 e. The second-order valence-corrected chi connectivity index (χ2v) is 4.64. The topological polar surface area (TPSA) is 46.4 Å². The molecule has 1 N–H and O–H groups in total. The van der Waals surface area contributed by atoms with Crippen LogP contribution in [-0.2, 0) is 17.8 Å². The molecular formula is C16H15N3O. The highest BCUT2D eigenvalue weighted by Crippen LogP contribution is 2.09. The Morgan fingerprint density at radius 2 is 1.90 bits per heavy atom. The maximum Gasteiger partial charge on any atom is 0.224 e. The molecule has 20 heavy (non-hydrogen) atoms. The fourth-order valence-electron chi connectivity index (χ4n) is 2.16. The molecule has 0 radical (unpaired) electrons. The van der Waals surface area contributed by atoms with Gasteiger partial charge < -0.3 is 5.32 Å². The van der Waals surface area contributed by atoms with E-state index in [4.69, 9.17) is 0 Å². The fraction of sp³-hybridized carbons (Fsp3) is 0.125. The molecule has 0 aliphatic heterocycles. The number of benzene rings is 1. The molecule has 0 unspecified atom stereocenters. The van der Waals surface area contributed by atoms with Gasteiger partial charge in [0.05, 0.1) is 18.1 Å². The van der Waals surface area contributed by atoms with E-state index in [0.29, 0.717) is 13.0 Å². The molecule has 4 nitrogen and oxygen atoms in total. The molecule has 0 aliphatic carbocycles. The minimum atomic E-state index is 0.0199. The van der Waals surface area contributed by atoms with Crippen LogP contribution < -0.4 is 5.32 Å². The molecule has 1 aromatic carbocycles. The first-order valence-electron chi connectivity index (χ1n) is 6.55. The Morgan fingerprint density at radius 3 is 2.75 bits per heavy atom. The van der Waals surface area contributed by atoms with Crippen LogP contribution >= 0.6 is 0 Å². The molecule has 2 aromatic heterocycles. The zero-order valence-electron chi connectivity index (χ0n) is 11.0. The fourth-order valence-corrected chi connectivity index (χ4v) is 2.16. The van der Waals surface area contributed by atoms with E-state index in [2.05, 4.69) is 10.4 Å². The molecular weight excluding hydrogens is 250 g/mol. The van der Waals surface area contributed by atoms with Crippen molar-refractivity contribution < 1.29 is 4.79 Å². The highest BCUT2D eigenvalue weighted by Gasteiger charge is 2.06. The molecule has 2 heterocycles. The Morgan fingerprint density at radius 1 is 1.10 bits per heavy atom. The quantitative estimate of drug-likeness (QED) is 0.786. The van der Waals surface area contributed by atoms with Gasteiger partial charge in [-0.25, -0.2) is 4.52 Å². The summed E-state index contributed by atoms with van der Waals surface area (Å²) in [5.41, 5.74) is 3.06. The van der Waals surface area contributed by atoms with Gasteiger partial charge in [-0.1, -0.05) is 36.4 Å². The number of fused-ring (bicyclic) bond motifs is 1. The minimum absolute atomic E-state index is 0.0199. The van der Waals surface area contributed by atoms with Gasteiger partial charge in [-0.05, 0) is 17.7 Å². The molecule has 0 saturated heterocycles. The van der Waals surface area contributed by atoms with Gasteiger partial charge in [0, 0.05) is 18.3 Å². The van der Waals surface area contributed by atoms with E-state index in [-0.39, 0.29) is 5.91 Å². The molecule has 3 aromatic rings. The first-order valence-corrected chi connectivity index (χ1v) is 6.55. The zero-order chi connectivity index (χ0) is 13.8. The van der Waals surface area contributed by atoms with Crippen LogP contribution in [0.3, 0.4) is 0 Å². The number of carbonyl (C=O) groups excluding carboxylic acids is 1. The average Bonchev–Trinajstić information content (AvgIpc) is 2.89. The highest BCUT2D eigenvalue weighted by molar-refractivity contribution is 5.78. The number of pyridine rings is 1. The summed E-state index contributed by atoms with van der Waals surface area (Å²) in [6.07, 6.45) is 4.09. The predicted octanol–water partition coefficient (Wildman–Crippen LogP) is 2.19. The molecule has 4 heteroatoms. The third-order valence-corrected chi connectivity index (χ3v) is 3.19. The first-order chi connectivity index (χ1) is 9.83. The van der Waals surface area contributed by atoms with Gasteiger partial charge in [0.15, 0.2) is 0 Å². The van der Waals surface area contributed by atoms with Crippen LogP contribution in [0.4, 0.5) is 0 Å². The minimum Gasteiger partial charge on any atom is -0.352 e. The zero-order valence-corrected chi connectivity index (χ0v) is 11.0.